The molecule has 0 fully saturated rings. The lowest BCUT2D eigenvalue weighted by Gasteiger charge is -2.20. The topological polar surface area (TPSA) is 42.0 Å². The van der Waals surface area contributed by atoms with Crippen molar-refractivity contribution in [2.45, 2.75) is 32.7 Å². The molecule has 0 aliphatic rings. The van der Waals surface area contributed by atoms with Gasteiger partial charge in [0, 0.05) is 41.8 Å². The number of hydrogen-bond donors (Lipinski definition) is 1. The molecule has 1 heterocycles. The maximum atomic E-state index is 12.3. The van der Waals surface area contributed by atoms with E-state index in [1.165, 1.54) is 0 Å². The van der Waals surface area contributed by atoms with Crippen LogP contribution in [0.5, 0.6) is 0 Å². The Hall–Kier alpha value is -1.74. The van der Waals surface area contributed by atoms with Crippen LogP contribution in [0.4, 0.5) is 0 Å². The fourth-order valence-corrected chi connectivity index (χ4v) is 2.04. The maximum absolute atomic E-state index is 12.3. The Kier molecular flexibility index (Phi) is 3.96. The fraction of sp³-hybridized carbons (Fsp3) is 0.375. The minimum Gasteiger partial charge on any atom is -0.312 e. The molecule has 0 aliphatic heterocycles. The number of ketones is 1. The fourth-order valence-electron chi connectivity index (χ4n) is 2.04. The number of pyridine rings is 1. The van der Waals surface area contributed by atoms with Gasteiger partial charge < -0.3 is 5.32 Å². The zero-order chi connectivity index (χ0) is 13.9. The average Bonchev–Trinajstić information content (AvgIpc) is 2.36. The number of rotatable bonds is 4. The standard InChI is InChI=1S/C16H20N2O/c1-16(2,3)18-10-8-15(19)13-6-4-5-12-7-9-17-11-14(12)13/h4-7,9,11,18H,8,10H2,1-3H3. The number of fused-ring (bicyclic) bond motifs is 1. The summed E-state index contributed by atoms with van der Waals surface area (Å²) in [6.45, 7) is 6.98. The number of carbonyl (C=O) groups is 1. The van der Waals surface area contributed by atoms with E-state index in [4.69, 9.17) is 0 Å². The first kappa shape index (κ1) is 13.7. The maximum Gasteiger partial charge on any atom is 0.164 e. The smallest absolute Gasteiger partial charge is 0.164 e. The van der Waals surface area contributed by atoms with Gasteiger partial charge >= 0.3 is 0 Å². The van der Waals surface area contributed by atoms with E-state index in [1.807, 2.05) is 24.3 Å². The van der Waals surface area contributed by atoms with Crippen LogP contribution < -0.4 is 5.32 Å². The normalized spacial score (nSPS) is 11.7. The van der Waals surface area contributed by atoms with E-state index in [0.29, 0.717) is 13.0 Å². The molecule has 3 heteroatoms. The highest BCUT2D eigenvalue weighted by Gasteiger charge is 2.12. The van der Waals surface area contributed by atoms with Crippen molar-refractivity contribution in [1.82, 2.24) is 10.3 Å². The van der Waals surface area contributed by atoms with Gasteiger partial charge in [-0.3, -0.25) is 9.78 Å². The van der Waals surface area contributed by atoms with Crippen molar-refractivity contribution in [3.8, 4) is 0 Å². The summed E-state index contributed by atoms with van der Waals surface area (Å²) in [4.78, 5) is 16.4. The molecule has 0 unspecified atom stereocenters. The van der Waals surface area contributed by atoms with Crippen LogP contribution in [-0.4, -0.2) is 22.9 Å². The zero-order valence-corrected chi connectivity index (χ0v) is 11.7. The van der Waals surface area contributed by atoms with Gasteiger partial charge in [-0.1, -0.05) is 18.2 Å². The van der Waals surface area contributed by atoms with Gasteiger partial charge in [-0.2, -0.15) is 0 Å². The second-order valence-corrected chi connectivity index (χ2v) is 5.75. The largest absolute Gasteiger partial charge is 0.312 e. The van der Waals surface area contributed by atoms with E-state index in [-0.39, 0.29) is 11.3 Å². The van der Waals surface area contributed by atoms with Gasteiger partial charge in [0.1, 0.15) is 0 Å². The molecule has 0 bridgehead atoms. The molecule has 2 rings (SSSR count). The summed E-state index contributed by atoms with van der Waals surface area (Å²) in [5.41, 5.74) is 0.807. The van der Waals surface area contributed by atoms with Crippen LogP contribution in [-0.2, 0) is 0 Å². The first-order valence-corrected chi connectivity index (χ1v) is 6.58. The SMILES string of the molecule is CC(C)(C)NCCC(=O)c1cccc2ccncc12. The summed E-state index contributed by atoms with van der Waals surface area (Å²) in [6, 6.07) is 7.73. The number of nitrogens with zero attached hydrogens (tertiary/aromatic N) is 1. The Morgan fingerprint density at radius 1 is 1.26 bits per heavy atom. The van der Waals surface area contributed by atoms with E-state index in [0.717, 1.165) is 16.3 Å². The molecular weight excluding hydrogens is 236 g/mol. The predicted octanol–water partition coefficient (Wildman–Crippen LogP) is 3.20. The van der Waals surface area contributed by atoms with E-state index < -0.39 is 0 Å². The highest BCUT2D eigenvalue weighted by molar-refractivity contribution is 6.07. The van der Waals surface area contributed by atoms with Crippen LogP contribution in [0.3, 0.4) is 0 Å². The molecule has 1 aromatic heterocycles. The Morgan fingerprint density at radius 3 is 2.79 bits per heavy atom. The van der Waals surface area contributed by atoms with Crippen molar-refractivity contribution in [2.24, 2.45) is 0 Å². The van der Waals surface area contributed by atoms with Crippen LogP contribution in [0.2, 0.25) is 0 Å². The zero-order valence-electron chi connectivity index (χ0n) is 11.7. The van der Waals surface area contributed by atoms with Crippen LogP contribution >= 0.6 is 0 Å². The van der Waals surface area contributed by atoms with Gasteiger partial charge in [-0.15, -0.1) is 0 Å². The van der Waals surface area contributed by atoms with Crippen LogP contribution in [0.1, 0.15) is 37.6 Å². The Balaban J connectivity index is 2.14. The lowest BCUT2D eigenvalue weighted by Crippen LogP contribution is -2.37. The molecule has 1 N–H and O–H groups in total. The average molecular weight is 256 g/mol. The van der Waals surface area contributed by atoms with Crippen molar-refractivity contribution in [3.05, 3.63) is 42.2 Å². The Morgan fingerprint density at radius 2 is 2.05 bits per heavy atom. The highest BCUT2D eigenvalue weighted by atomic mass is 16.1. The van der Waals surface area contributed by atoms with Gasteiger partial charge in [0.2, 0.25) is 0 Å². The molecule has 1 aromatic carbocycles. The Bertz CT molecular complexity index is 579. The molecule has 100 valence electrons. The number of carbonyl (C=O) groups excluding carboxylic acids is 1. The molecule has 0 amide bonds. The quantitative estimate of drug-likeness (QED) is 0.854. The van der Waals surface area contributed by atoms with Crippen molar-refractivity contribution in [2.75, 3.05) is 6.54 Å². The molecule has 3 nitrogen and oxygen atoms in total. The van der Waals surface area contributed by atoms with Gasteiger partial charge in [-0.05, 0) is 32.2 Å². The van der Waals surface area contributed by atoms with E-state index in [2.05, 4.69) is 31.1 Å². The van der Waals surface area contributed by atoms with Gasteiger partial charge in [0.25, 0.3) is 0 Å². The van der Waals surface area contributed by atoms with E-state index in [9.17, 15) is 4.79 Å². The van der Waals surface area contributed by atoms with Crippen LogP contribution in [0.25, 0.3) is 10.8 Å². The van der Waals surface area contributed by atoms with Crippen molar-refractivity contribution < 1.29 is 4.79 Å². The number of hydrogen-bond acceptors (Lipinski definition) is 3. The molecule has 0 saturated heterocycles. The third-order valence-electron chi connectivity index (χ3n) is 2.99. The molecule has 0 saturated carbocycles. The highest BCUT2D eigenvalue weighted by Crippen LogP contribution is 2.18. The summed E-state index contributed by atoms with van der Waals surface area (Å²) in [7, 11) is 0. The molecule has 0 spiro atoms. The Labute approximate surface area is 114 Å². The molecular formula is C16H20N2O. The molecule has 0 atom stereocenters. The number of nitrogens with one attached hydrogen (secondary N) is 1. The lowest BCUT2D eigenvalue weighted by atomic mass is 10.0. The van der Waals surface area contributed by atoms with Crippen LogP contribution in [0.15, 0.2) is 36.7 Å². The number of aromatic nitrogens is 1. The third-order valence-corrected chi connectivity index (χ3v) is 2.99. The van der Waals surface area contributed by atoms with Crippen molar-refractivity contribution >= 4 is 16.6 Å². The summed E-state index contributed by atoms with van der Waals surface area (Å²) in [6.07, 6.45) is 4.02. The first-order chi connectivity index (χ1) is 8.97. The molecule has 0 aliphatic carbocycles. The van der Waals surface area contributed by atoms with Crippen molar-refractivity contribution in [1.29, 1.82) is 0 Å². The van der Waals surface area contributed by atoms with Gasteiger partial charge in [0.05, 0.1) is 0 Å². The molecule has 0 radical (unpaired) electrons. The van der Waals surface area contributed by atoms with Gasteiger partial charge in [0.15, 0.2) is 5.78 Å². The number of benzene rings is 1. The second-order valence-electron chi connectivity index (χ2n) is 5.75. The van der Waals surface area contributed by atoms with E-state index >= 15 is 0 Å². The van der Waals surface area contributed by atoms with Crippen molar-refractivity contribution in [3.63, 3.8) is 0 Å². The summed E-state index contributed by atoms with van der Waals surface area (Å²) >= 11 is 0. The summed E-state index contributed by atoms with van der Waals surface area (Å²) < 4.78 is 0. The monoisotopic (exact) mass is 256 g/mol. The molecule has 19 heavy (non-hydrogen) atoms. The summed E-state index contributed by atoms with van der Waals surface area (Å²) in [5, 5.41) is 5.33. The number of Topliss-reactive ketones (excluding diaryl/α,β-unsaturated/α-hetero) is 1. The molecule has 2 aromatic rings. The predicted molar refractivity (Wildman–Crippen MR) is 78.4 cm³/mol. The second kappa shape index (κ2) is 5.49. The third kappa shape index (κ3) is 3.61. The lowest BCUT2D eigenvalue weighted by molar-refractivity contribution is 0.0982. The van der Waals surface area contributed by atoms with Gasteiger partial charge in [-0.25, -0.2) is 0 Å². The first-order valence-electron chi connectivity index (χ1n) is 6.58. The summed E-state index contributed by atoms with van der Waals surface area (Å²) in [5.74, 6) is 0.162. The minimum absolute atomic E-state index is 0.0423. The van der Waals surface area contributed by atoms with Crippen LogP contribution in [0, 0.1) is 0 Å². The minimum atomic E-state index is 0.0423. The van der Waals surface area contributed by atoms with E-state index in [1.54, 1.807) is 12.4 Å².